The number of rotatable bonds is 8. The summed E-state index contributed by atoms with van der Waals surface area (Å²) in [6, 6.07) is 13.4. The van der Waals surface area contributed by atoms with Crippen LogP contribution in [0.4, 0.5) is 0 Å². The summed E-state index contributed by atoms with van der Waals surface area (Å²) in [5.41, 5.74) is 10.2. The van der Waals surface area contributed by atoms with Gasteiger partial charge in [0.05, 0.1) is 23.0 Å². The predicted octanol–water partition coefficient (Wildman–Crippen LogP) is 5.05. The smallest absolute Gasteiger partial charge is 0.251 e. The molecule has 0 bridgehead atoms. The SMILES string of the molecule is CC.Cc1cc(C)cc(C(=O)NC(CCCN=C(N)CCl)c2nc3ccccc3[nH]2)c1. The Balaban J connectivity index is 0.00000166. The van der Waals surface area contributed by atoms with Crippen LogP contribution in [0, 0.1) is 13.8 Å². The van der Waals surface area contributed by atoms with Crippen molar-refractivity contribution in [3.8, 4) is 0 Å². The van der Waals surface area contributed by atoms with Crippen LogP contribution in [0.1, 0.15) is 60.0 Å². The Bertz CT molecular complexity index is 974. The van der Waals surface area contributed by atoms with Crippen LogP contribution >= 0.6 is 11.6 Å². The number of aryl methyl sites for hydroxylation is 2. The number of amides is 1. The van der Waals surface area contributed by atoms with Gasteiger partial charge < -0.3 is 16.0 Å². The van der Waals surface area contributed by atoms with E-state index < -0.39 is 0 Å². The summed E-state index contributed by atoms with van der Waals surface area (Å²) >= 11 is 5.67. The Kier molecular flexibility index (Phi) is 9.53. The van der Waals surface area contributed by atoms with Gasteiger partial charge in [-0.3, -0.25) is 9.79 Å². The number of alkyl halides is 1. The van der Waals surface area contributed by atoms with Crippen molar-refractivity contribution in [2.75, 3.05) is 12.4 Å². The highest BCUT2D eigenvalue weighted by Gasteiger charge is 2.19. The molecule has 166 valence electrons. The summed E-state index contributed by atoms with van der Waals surface area (Å²) in [5.74, 6) is 1.26. The molecule has 0 saturated carbocycles. The van der Waals surface area contributed by atoms with Crippen molar-refractivity contribution >= 4 is 34.4 Å². The number of aromatic amines is 1. The van der Waals surface area contributed by atoms with Gasteiger partial charge in [0.2, 0.25) is 0 Å². The second kappa shape index (κ2) is 12.1. The molecule has 0 saturated heterocycles. The monoisotopic (exact) mass is 441 g/mol. The van der Waals surface area contributed by atoms with Crippen molar-refractivity contribution < 1.29 is 4.79 Å². The van der Waals surface area contributed by atoms with Crippen LogP contribution in [0.2, 0.25) is 0 Å². The van der Waals surface area contributed by atoms with Gasteiger partial charge in [-0.2, -0.15) is 0 Å². The maximum Gasteiger partial charge on any atom is 0.251 e. The maximum atomic E-state index is 12.9. The second-order valence-corrected chi connectivity index (χ2v) is 7.46. The van der Waals surface area contributed by atoms with E-state index in [9.17, 15) is 4.79 Å². The van der Waals surface area contributed by atoms with Gasteiger partial charge in [-0.1, -0.05) is 43.2 Å². The van der Waals surface area contributed by atoms with E-state index in [4.69, 9.17) is 17.3 Å². The van der Waals surface area contributed by atoms with Gasteiger partial charge in [0.15, 0.2) is 0 Å². The Labute approximate surface area is 189 Å². The molecule has 1 unspecified atom stereocenters. The van der Waals surface area contributed by atoms with Crippen molar-refractivity contribution in [3.63, 3.8) is 0 Å². The van der Waals surface area contributed by atoms with E-state index in [1.165, 1.54) is 0 Å². The fourth-order valence-corrected chi connectivity index (χ4v) is 3.41. The first-order valence-corrected chi connectivity index (χ1v) is 11.2. The molecule has 4 N–H and O–H groups in total. The van der Waals surface area contributed by atoms with Crippen LogP contribution in [0.5, 0.6) is 0 Å². The molecule has 1 aromatic heterocycles. The van der Waals surface area contributed by atoms with Crippen LogP contribution in [-0.4, -0.2) is 34.1 Å². The van der Waals surface area contributed by atoms with Gasteiger partial charge in [-0.25, -0.2) is 4.98 Å². The summed E-state index contributed by atoms with van der Waals surface area (Å²) < 4.78 is 0. The van der Waals surface area contributed by atoms with Crippen LogP contribution in [0.3, 0.4) is 0 Å². The van der Waals surface area contributed by atoms with Gasteiger partial charge in [-0.05, 0) is 51.0 Å². The minimum Gasteiger partial charge on any atom is -0.386 e. The molecular weight excluding hydrogens is 410 g/mol. The van der Waals surface area contributed by atoms with Gasteiger partial charge in [-0.15, -0.1) is 11.6 Å². The number of H-pyrrole nitrogens is 1. The number of benzene rings is 2. The number of carbonyl (C=O) groups excluding carboxylic acids is 1. The predicted molar refractivity (Wildman–Crippen MR) is 130 cm³/mol. The third-order valence-corrected chi connectivity index (χ3v) is 4.90. The lowest BCUT2D eigenvalue weighted by Crippen LogP contribution is -2.29. The lowest BCUT2D eigenvalue weighted by molar-refractivity contribution is 0.0932. The van der Waals surface area contributed by atoms with Crippen LogP contribution < -0.4 is 11.1 Å². The molecule has 0 aliphatic rings. The summed E-state index contributed by atoms with van der Waals surface area (Å²) in [5, 5.41) is 3.13. The number of nitrogens with two attached hydrogens (primary N) is 1. The van der Waals surface area contributed by atoms with E-state index in [0.717, 1.165) is 34.4 Å². The van der Waals surface area contributed by atoms with E-state index in [1.807, 2.05) is 70.2 Å². The highest BCUT2D eigenvalue weighted by atomic mass is 35.5. The van der Waals surface area contributed by atoms with Gasteiger partial charge in [0.25, 0.3) is 5.91 Å². The number of imidazole rings is 1. The summed E-state index contributed by atoms with van der Waals surface area (Å²) in [7, 11) is 0. The quantitative estimate of drug-likeness (QED) is 0.197. The molecule has 3 rings (SSSR count). The molecule has 0 aliphatic carbocycles. The van der Waals surface area contributed by atoms with Crippen LogP contribution in [0.25, 0.3) is 11.0 Å². The number of nitrogens with zero attached hydrogens (tertiary/aromatic N) is 2. The minimum atomic E-state index is -0.261. The number of halogens is 1. The molecule has 2 aromatic carbocycles. The number of nitrogens with one attached hydrogen (secondary N) is 2. The molecule has 7 heteroatoms. The highest BCUT2D eigenvalue weighted by molar-refractivity contribution is 6.27. The summed E-state index contributed by atoms with van der Waals surface area (Å²) in [4.78, 5) is 25.1. The zero-order chi connectivity index (χ0) is 22.8. The normalized spacial score (nSPS) is 12.2. The van der Waals surface area contributed by atoms with E-state index in [0.29, 0.717) is 24.4 Å². The zero-order valence-corrected chi connectivity index (χ0v) is 19.5. The number of aliphatic imine (C=N–C) groups is 1. The number of aromatic nitrogens is 2. The largest absolute Gasteiger partial charge is 0.386 e. The molecule has 0 radical (unpaired) electrons. The van der Waals surface area contributed by atoms with Crippen molar-refractivity contribution in [1.82, 2.24) is 15.3 Å². The fourth-order valence-electron chi connectivity index (χ4n) is 3.32. The third kappa shape index (κ3) is 7.10. The zero-order valence-electron chi connectivity index (χ0n) is 18.7. The molecule has 0 fully saturated rings. The van der Waals surface area contributed by atoms with E-state index in [2.05, 4.69) is 20.3 Å². The lowest BCUT2D eigenvalue weighted by atomic mass is 10.1. The Morgan fingerprint density at radius 2 is 1.87 bits per heavy atom. The average Bonchev–Trinajstić information content (AvgIpc) is 3.20. The summed E-state index contributed by atoms with van der Waals surface area (Å²) in [6.07, 6.45) is 1.42. The van der Waals surface area contributed by atoms with Crippen LogP contribution in [0.15, 0.2) is 47.5 Å². The van der Waals surface area contributed by atoms with Crippen molar-refractivity contribution in [3.05, 3.63) is 65.0 Å². The standard InChI is InChI=1S/C22H26ClN5O.C2H6/c1-14-10-15(2)12-16(11-14)22(29)28-19(8-5-9-25-20(24)13-23)21-26-17-6-3-4-7-18(17)27-21;1-2/h3-4,6-7,10-12,19H,5,8-9,13H2,1-2H3,(H2,24,25)(H,26,27)(H,28,29);1-2H3. The number of para-hydroxylation sites is 2. The number of fused-ring (bicyclic) bond motifs is 1. The number of carbonyl (C=O) groups is 1. The first-order valence-electron chi connectivity index (χ1n) is 10.6. The van der Waals surface area contributed by atoms with Crippen LogP contribution in [-0.2, 0) is 0 Å². The van der Waals surface area contributed by atoms with Crippen molar-refractivity contribution in [2.24, 2.45) is 10.7 Å². The summed E-state index contributed by atoms with van der Waals surface area (Å²) in [6.45, 7) is 8.52. The Morgan fingerprint density at radius 1 is 1.19 bits per heavy atom. The lowest BCUT2D eigenvalue weighted by Gasteiger charge is -2.17. The van der Waals surface area contributed by atoms with Gasteiger partial charge >= 0.3 is 0 Å². The van der Waals surface area contributed by atoms with E-state index in [-0.39, 0.29) is 17.8 Å². The topological polar surface area (TPSA) is 96.2 Å². The van der Waals surface area contributed by atoms with Crippen molar-refractivity contribution in [2.45, 2.75) is 46.6 Å². The molecule has 1 atom stereocenters. The number of hydrogen-bond acceptors (Lipinski definition) is 3. The molecule has 0 aliphatic heterocycles. The maximum absolute atomic E-state index is 12.9. The minimum absolute atomic E-state index is 0.119. The average molecular weight is 442 g/mol. The molecular formula is C24H32ClN5O. The molecule has 1 amide bonds. The molecule has 3 aromatic rings. The number of amidine groups is 1. The third-order valence-electron chi connectivity index (χ3n) is 4.63. The number of hydrogen-bond donors (Lipinski definition) is 3. The van der Waals surface area contributed by atoms with E-state index in [1.54, 1.807) is 0 Å². The highest BCUT2D eigenvalue weighted by Crippen LogP contribution is 2.21. The molecule has 0 spiro atoms. The molecule has 6 nitrogen and oxygen atoms in total. The first-order chi connectivity index (χ1) is 15.0. The van der Waals surface area contributed by atoms with Crippen molar-refractivity contribution in [1.29, 1.82) is 0 Å². The van der Waals surface area contributed by atoms with E-state index >= 15 is 0 Å². The Hall–Kier alpha value is -2.86. The second-order valence-electron chi connectivity index (χ2n) is 7.19. The first kappa shape index (κ1) is 24.4. The molecule has 1 heterocycles. The molecule has 31 heavy (non-hydrogen) atoms. The fraction of sp³-hybridized carbons (Fsp3) is 0.375. The Morgan fingerprint density at radius 3 is 2.52 bits per heavy atom. The van der Waals surface area contributed by atoms with Gasteiger partial charge in [0.1, 0.15) is 11.7 Å². The van der Waals surface area contributed by atoms with Gasteiger partial charge in [0, 0.05) is 12.1 Å².